The quantitative estimate of drug-likeness (QED) is 0.718. The largest absolute Gasteiger partial charge is 0.416 e. The molecule has 0 N–H and O–H groups in total. The molecule has 114 valence electrons. The Kier molecular flexibility index (Phi) is 3.16. The molecule has 22 heavy (non-hydrogen) atoms. The van der Waals surface area contributed by atoms with Crippen LogP contribution >= 0.6 is 0 Å². The van der Waals surface area contributed by atoms with E-state index in [2.05, 4.69) is 27.1 Å². The van der Waals surface area contributed by atoms with E-state index >= 15 is 0 Å². The van der Waals surface area contributed by atoms with Crippen LogP contribution in [-0.4, -0.2) is 50.7 Å². The van der Waals surface area contributed by atoms with Crippen LogP contribution in [0.3, 0.4) is 0 Å². The SMILES string of the molecule is C[C@@H]1CN(C)C[C@H](c2nnc(-c3cn4ccccc4n3)o2)O1. The van der Waals surface area contributed by atoms with Crippen LogP contribution in [0.2, 0.25) is 0 Å². The molecule has 7 heteroatoms. The van der Waals surface area contributed by atoms with Crippen molar-refractivity contribution in [1.29, 1.82) is 0 Å². The maximum atomic E-state index is 5.89. The van der Waals surface area contributed by atoms with Crippen LogP contribution < -0.4 is 0 Å². The van der Waals surface area contributed by atoms with Gasteiger partial charge in [0.25, 0.3) is 5.89 Å². The van der Waals surface area contributed by atoms with Crippen molar-refractivity contribution < 1.29 is 9.15 Å². The molecule has 0 radical (unpaired) electrons. The number of imidazole rings is 1. The van der Waals surface area contributed by atoms with Gasteiger partial charge in [-0.3, -0.25) is 0 Å². The molecule has 0 bridgehead atoms. The number of ether oxygens (including phenoxy) is 1. The summed E-state index contributed by atoms with van der Waals surface area (Å²) in [7, 11) is 2.06. The highest BCUT2D eigenvalue weighted by Gasteiger charge is 2.29. The fraction of sp³-hybridized carbons (Fsp3) is 0.400. The normalized spacial score (nSPS) is 23.2. The Morgan fingerprint density at radius 3 is 2.95 bits per heavy atom. The average molecular weight is 299 g/mol. The van der Waals surface area contributed by atoms with E-state index in [1.54, 1.807) is 0 Å². The zero-order valence-corrected chi connectivity index (χ0v) is 12.5. The van der Waals surface area contributed by atoms with Gasteiger partial charge in [0.1, 0.15) is 17.4 Å². The van der Waals surface area contributed by atoms with Gasteiger partial charge in [-0.05, 0) is 26.1 Å². The van der Waals surface area contributed by atoms with Gasteiger partial charge >= 0.3 is 0 Å². The molecule has 7 nitrogen and oxygen atoms in total. The van der Waals surface area contributed by atoms with Gasteiger partial charge in [0.05, 0.1) is 6.10 Å². The summed E-state index contributed by atoms with van der Waals surface area (Å²) in [6.07, 6.45) is 3.77. The molecule has 3 aromatic rings. The third kappa shape index (κ3) is 2.38. The molecule has 4 rings (SSSR count). The minimum atomic E-state index is -0.188. The van der Waals surface area contributed by atoms with Crippen molar-refractivity contribution in [1.82, 2.24) is 24.5 Å². The molecule has 0 saturated carbocycles. The van der Waals surface area contributed by atoms with Crippen molar-refractivity contribution in [3.8, 4) is 11.6 Å². The predicted molar refractivity (Wildman–Crippen MR) is 79.3 cm³/mol. The molecule has 0 aliphatic carbocycles. The molecule has 3 aromatic heterocycles. The van der Waals surface area contributed by atoms with E-state index in [1.165, 1.54) is 0 Å². The number of rotatable bonds is 2. The lowest BCUT2D eigenvalue weighted by Crippen LogP contribution is -2.40. The Labute approximate surface area is 127 Å². The lowest BCUT2D eigenvalue weighted by atomic mass is 10.2. The highest BCUT2D eigenvalue weighted by atomic mass is 16.5. The number of morpholine rings is 1. The van der Waals surface area contributed by atoms with Crippen molar-refractivity contribution >= 4 is 5.65 Å². The summed E-state index contributed by atoms with van der Waals surface area (Å²) in [5.41, 5.74) is 1.52. The summed E-state index contributed by atoms with van der Waals surface area (Å²) in [6.45, 7) is 3.70. The Bertz CT molecular complexity index is 753. The summed E-state index contributed by atoms with van der Waals surface area (Å²) < 4.78 is 13.6. The average Bonchev–Trinajstić information content (AvgIpc) is 3.13. The molecule has 1 fully saturated rings. The first kappa shape index (κ1) is 13.4. The van der Waals surface area contributed by atoms with Gasteiger partial charge in [-0.25, -0.2) is 4.98 Å². The zero-order valence-electron chi connectivity index (χ0n) is 12.5. The Morgan fingerprint density at radius 2 is 2.14 bits per heavy atom. The lowest BCUT2D eigenvalue weighted by molar-refractivity contribution is -0.0821. The van der Waals surface area contributed by atoms with Crippen molar-refractivity contribution in [2.24, 2.45) is 0 Å². The van der Waals surface area contributed by atoms with E-state index in [9.17, 15) is 0 Å². The number of likely N-dealkylation sites (N-methyl/N-ethyl adjacent to an activating group) is 1. The monoisotopic (exact) mass is 299 g/mol. The van der Waals surface area contributed by atoms with E-state index < -0.39 is 0 Å². The topological polar surface area (TPSA) is 68.7 Å². The Morgan fingerprint density at radius 1 is 1.23 bits per heavy atom. The first-order chi connectivity index (χ1) is 10.7. The van der Waals surface area contributed by atoms with Crippen molar-refractivity contribution in [2.45, 2.75) is 19.1 Å². The van der Waals surface area contributed by atoms with Crippen molar-refractivity contribution in [3.05, 3.63) is 36.5 Å². The Balaban J connectivity index is 1.63. The number of hydrogen-bond acceptors (Lipinski definition) is 6. The highest BCUT2D eigenvalue weighted by Crippen LogP contribution is 2.26. The predicted octanol–water partition coefficient (Wildman–Crippen LogP) is 1.78. The molecule has 2 atom stereocenters. The second-order valence-corrected chi connectivity index (χ2v) is 5.69. The first-order valence-electron chi connectivity index (χ1n) is 7.30. The third-order valence-electron chi connectivity index (χ3n) is 3.74. The molecular formula is C15H17N5O2. The third-order valence-corrected chi connectivity index (χ3v) is 3.74. The van der Waals surface area contributed by atoms with Gasteiger partial charge in [0, 0.05) is 25.5 Å². The van der Waals surface area contributed by atoms with Gasteiger partial charge in [0.2, 0.25) is 5.89 Å². The summed E-state index contributed by atoms with van der Waals surface area (Å²) in [5, 5.41) is 8.25. The molecule has 1 aliphatic rings. The molecule has 0 spiro atoms. The van der Waals surface area contributed by atoms with Gasteiger partial charge in [-0.1, -0.05) is 6.07 Å². The van der Waals surface area contributed by atoms with E-state index in [-0.39, 0.29) is 12.2 Å². The molecule has 1 saturated heterocycles. The Hall–Kier alpha value is -2.25. The smallest absolute Gasteiger partial charge is 0.268 e. The maximum absolute atomic E-state index is 5.89. The molecule has 4 heterocycles. The van der Waals surface area contributed by atoms with Gasteiger partial charge in [0.15, 0.2) is 0 Å². The number of pyridine rings is 1. The van der Waals surface area contributed by atoms with Crippen LogP contribution in [0.4, 0.5) is 0 Å². The molecule has 0 unspecified atom stereocenters. The van der Waals surface area contributed by atoms with Crippen molar-refractivity contribution in [2.75, 3.05) is 20.1 Å². The molecule has 1 aliphatic heterocycles. The second kappa shape index (κ2) is 5.19. The van der Waals surface area contributed by atoms with Gasteiger partial charge < -0.3 is 18.5 Å². The van der Waals surface area contributed by atoms with E-state index in [0.29, 0.717) is 17.5 Å². The van der Waals surface area contributed by atoms with Crippen molar-refractivity contribution in [3.63, 3.8) is 0 Å². The van der Waals surface area contributed by atoms with Gasteiger partial charge in [-0.2, -0.15) is 0 Å². The van der Waals surface area contributed by atoms with Crippen LogP contribution in [-0.2, 0) is 4.74 Å². The van der Waals surface area contributed by atoms with Crippen LogP contribution in [0.5, 0.6) is 0 Å². The first-order valence-corrected chi connectivity index (χ1v) is 7.30. The highest BCUT2D eigenvalue weighted by molar-refractivity contribution is 5.53. The zero-order chi connectivity index (χ0) is 15.1. The minimum absolute atomic E-state index is 0.147. The van der Waals surface area contributed by atoms with E-state index in [0.717, 1.165) is 18.7 Å². The summed E-state index contributed by atoms with van der Waals surface area (Å²) in [6, 6.07) is 5.82. The van der Waals surface area contributed by atoms with E-state index in [1.807, 2.05) is 41.9 Å². The molecule has 0 amide bonds. The van der Waals surface area contributed by atoms with E-state index in [4.69, 9.17) is 9.15 Å². The number of hydrogen-bond donors (Lipinski definition) is 0. The summed E-state index contributed by atoms with van der Waals surface area (Å²) >= 11 is 0. The van der Waals surface area contributed by atoms with Crippen LogP contribution in [0.1, 0.15) is 18.9 Å². The molecule has 0 aromatic carbocycles. The number of nitrogens with zero attached hydrogens (tertiary/aromatic N) is 5. The van der Waals surface area contributed by atoms with Crippen LogP contribution in [0, 0.1) is 0 Å². The maximum Gasteiger partial charge on any atom is 0.268 e. The van der Waals surface area contributed by atoms with Gasteiger partial charge in [-0.15, -0.1) is 10.2 Å². The summed E-state index contributed by atoms with van der Waals surface area (Å²) in [4.78, 5) is 6.69. The van der Waals surface area contributed by atoms with Crippen LogP contribution in [0.25, 0.3) is 17.2 Å². The second-order valence-electron chi connectivity index (χ2n) is 5.69. The number of aromatic nitrogens is 4. The molecular weight excluding hydrogens is 282 g/mol. The fourth-order valence-electron chi connectivity index (χ4n) is 2.81. The standard InChI is InChI=1S/C15H17N5O2/c1-10-7-19(2)9-12(21-10)15-18-17-14(22-15)11-8-20-6-4-3-5-13(20)16-11/h3-6,8,10,12H,7,9H2,1-2H3/t10-,12-/m1/s1. The minimum Gasteiger partial charge on any atom is -0.416 e. The lowest BCUT2D eigenvalue weighted by Gasteiger charge is -2.32. The summed E-state index contributed by atoms with van der Waals surface area (Å²) in [5.74, 6) is 0.925. The number of fused-ring (bicyclic) bond motifs is 1. The fourth-order valence-corrected chi connectivity index (χ4v) is 2.81. The van der Waals surface area contributed by atoms with Crippen LogP contribution in [0.15, 0.2) is 35.0 Å².